The van der Waals surface area contributed by atoms with E-state index in [9.17, 15) is 14.4 Å². The van der Waals surface area contributed by atoms with Crippen LogP contribution in [0.1, 0.15) is 71.6 Å². The summed E-state index contributed by atoms with van der Waals surface area (Å²) in [6, 6.07) is -0.467. The van der Waals surface area contributed by atoms with Gasteiger partial charge in [0.2, 0.25) is 11.7 Å². The minimum Gasteiger partial charge on any atom is -0.469 e. The van der Waals surface area contributed by atoms with E-state index in [4.69, 9.17) is 9.47 Å². The Bertz CT molecular complexity index is 587. The van der Waals surface area contributed by atoms with Gasteiger partial charge in [0.15, 0.2) is 0 Å². The standard InChI is InChI=1S/C20H31NO6/c1-4-6-7-8-14(5-2)19(24)27-20-12-11-15(26-20)9-10-16(20)21-17(22)13-18(23)25-3/h5,15-16H,4,6-13H2,1-3H3,(H,21,22). The van der Waals surface area contributed by atoms with Crippen LogP contribution in [0.4, 0.5) is 0 Å². The van der Waals surface area contributed by atoms with Crippen molar-refractivity contribution in [3.05, 3.63) is 11.6 Å². The van der Waals surface area contributed by atoms with Gasteiger partial charge in [0.1, 0.15) is 6.42 Å². The number of hydrogen-bond acceptors (Lipinski definition) is 6. The molecule has 0 radical (unpaired) electrons. The van der Waals surface area contributed by atoms with Crippen molar-refractivity contribution in [3.63, 3.8) is 0 Å². The Morgan fingerprint density at radius 1 is 1.22 bits per heavy atom. The number of nitrogens with one attached hydrogen (secondary N) is 1. The first-order valence-corrected chi connectivity index (χ1v) is 9.86. The molecular formula is C20H31NO6. The third-order valence-electron chi connectivity index (χ3n) is 5.28. The molecule has 2 rings (SSSR count). The van der Waals surface area contributed by atoms with Crippen molar-refractivity contribution in [3.8, 4) is 0 Å². The predicted molar refractivity (Wildman–Crippen MR) is 98.6 cm³/mol. The third-order valence-corrected chi connectivity index (χ3v) is 5.28. The van der Waals surface area contributed by atoms with Gasteiger partial charge >= 0.3 is 11.9 Å². The summed E-state index contributed by atoms with van der Waals surface area (Å²) >= 11 is 0. The van der Waals surface area contributed by atoms with Gasteiger partial charge in [0, 0.05) is 12.0 Å². The Balaban J connectivity index is 2.04. The van der Waals surface area contributed by atoms with Crippen LogP contribution in [0.2, 0.25) is 0 Å². The lowest BCUT2D eigenvalue weighted by Crippen LogP contribution is -2.57. The number of hydrogen-bond donors (Lipinski definition) is 1. The molecule has 0 spiro atoms. The number of fused-ring (bicyclic) bond motifs is 2. The van der Waals surface area contributed by atoms with Gasteiger partial charge < -0.3 is 19.5 Å². The highest BCUT2D eigenvalue weighted by molar-refractivity contribution is 5.94. The Morgan fingerprint density at radius 3 is 2.67 bits per heavy atom. The fourth-order valence-electron chi connectivity index (χ4n) is 3.72. The molecule has 3 atom stereocenters. The molecule has 2 fully saturated rings. The van der Waals surface area contributed by atoms with E-state index in [2.05, 4.69) is 17.0 Å². The highest BCUT2D eigenvalue weighted by Crippen LogP contribution is 2.43. The van der Waals surface area contributed by atoms with Crippen molar-refractivity contribution in [2.45, 2.75) is 89.6 Å². The molecule has 152 valence electrons. The molecule has 0 aromatic carbocycles. The van der Waals surface area contributed by atoms with E-state index in [1.54, 1.807) is 6.08 Å². The van der Waals surface area contributed by atoms with E-state index in [-0.39, 0.29) is 18.5 Å². The van der Waals surface area contributed by atoms with Gasteiger partial charge in [0.05, 0.1) is 19.3 Å². The van der Waals surface area contributed by atoms with Crippen LogP contribution in [0.25, 0.3) is 0 Å². The van der Waals surface area contributed by atoms with Gasteiger partial charge in [0.25, 0.3) is 0 Å². The maximum absolute atomic E-state index is 12.7. The van der Waals surface area contributed by atoms with E-state index in [0.29, 0.717) is 24.8 Å². The SMILES string of the molecule is CC=C(CCCCC)C(=O)OC12CCC(CCC1NC(=O)CC(=O)OC)O2. The molecule has 0 aliphatic carbocycles. The lowest BCUT2D eigenvalue weighted by Gasteiger charge is -2.40. The molecule has 7 heteroatoms. The van der Waals surface area contributed by atoms with Crippen LogP contribution in [0.3, 0.4) is 0 Å². The summed E-state index contributed by atoms with van der Waals surface area (Å²) in [7, 11) is 1.24. The van der Waals surface area contributed by atoms with Gasteiger partial charge in [-0.2, -0.15) is 0 Å². The second-order valence-corrected chi connectivity index (χ2v) is 7.20. The second-order valence-electron chi connectivity index (χ2n) is 7.20. The summed E-state index contributed by atoms with van der Waals surface area (Å²) in [6.45, 7) is 3.94. The number of methoxy groups -OCH3 is 1. The van der Waals surface area contributed by atoms with Crippen molar-refractivity contribution in [1.29, 1.82) is 0 Å². The molecule has 2 heterocycles. The summed E-state index contributed by atoms with van der Waals surface area (Å²) in [5.41, 5.74) is 0.634. The zero-order valence-corrected chi connectivity index (χ0v) is 16.5. The molecular weight excluding hydrogens is 350 g/mol. The van der Waals surface area contributed by atoms with Crippen molar-refractivity contribution in [2.75, 3.05) is 7.11 Å². The zero-order valence-electron chi connectivity index (χ0n) is 16.5. The maximum atomic E-state index is 12.7. The molecule has 0 aromatic rings. The number of allylic oxidation sites excluding steroid dienone is 1. The van der Waals surface area contributed by atoms with Crippen LogP contribution in [-0.4, -0.2) is 42.9 Å². The van der Waals surface area contributed by atoms with E-state index < -0.39 is 23.7 Å². The predicted octanol–water partition coefficient (Wildman–Crippen LogP) is 2.77. The van der Waals surface area contributed by atoms with E-state index in [1.807, 2.05) is 6.92 Å². The first-order chi connectivity index (χ1) is 12.9. The van der Waals surface area contributed by atoms with Gasteiger partial charge in [-0.1, -0.05) is 25.8 Å². The normalized spacial score (nSPS) is 27.1. The fraction of sp³-hybridized carbons (Fsp3) is 0.750. The molecule has 2 aliphatic heterocycles. The maximum Gasteiger partial charge on any atom is 0.336 e. The highest BCUT2D eigenvalue weighted by Gasteiger charge is 2.54. The van der Waals surface area contributed by atoms with Crippen LogP contribution in [0, 0.1) is 0 Å². The van der Waals surface area contributed by atoms with E-state index in [1.165, 1.54) is 7.11 Å². The van der Waals surface area contributed by atoms with Crippen molar-refractivity contribution in [1.82, 2.24) is 5.32 Å². The Kier molecular flexibility index (Phi) is 7.83. The third kappa shape index (κ3) is 5.54. The summed E-state index contributed by atoms with van der Waals surface area (Å²) < 4.78 is 16.4. The number of esters is 2. The lowest BCUT2D eigenvalue weighted by atomic mass is 9.99. The average Bonchev–Trinajstić information content (AvgIpc) is 2.98. The molecule has 1 N–H and O–H groups in total. The second kappa shape index (κ2) is 9.88. The fourth-order valence-corrected chi connectivity index (χ4v) is 3.72. The van der Waals surface area contributed by atoms with Gasteiger partial charge in [-0.25, -0.2) is 4.79 Å². The Hall–Kier alpha value is -1.89. The summed E-state index contributed by atoms with van der Waals surface area (Å²) in [5.74, 6) is -2.59. The van der Waals surface area contributed by atoms with Gasteiger partial charge in [-0.05, 0) is 39.0 Å². The monoisotopic (exact) mass is 381 g/mol. The van der Waals surface area contributed by atoms with Crippen LogP contribution in [0.15, 0.2) is 11.6 Å². The summed E-state index contributed by atoms with van der Waals surface area (Å²) in [5, 5.41) is 2.81. The first-order valence-electron chi connectivity index (χ1n) is 9.86. The molecule has 27 heavy (non-hydrogen) atoms. The number of amides is 1. The van der Waals surface area contributed by atoms with Crippen molar-refractivity contribution in [2.24, 2.45) is 0 Å². The molecule has 2 bridgehead atoms. The highest BCUT2D eigenvalue weighted by atomic mass is 16.7. The minimum absolute atomic E-state index is 0.0423. The smallest absolute Gasteiger partial charge is 0.336 e. The topological polar surface area (TPSA) is 90.9 Å². The number of rotatable bonds is 9. The quantitative estimate of drug-likeness (QED) is 0.286. The Morgan fingerprint density at radius 2 is 2.00 bits per heavy atom. The molecule has 2 saturated heterocycles. The first kappa shape index (κ1) is 21.4. The van der Waals surface area contributed by atoms with E-state index in [0.717, 1.165) is 32.1 Å². The lowest BCUT2D eigenvalue weighted by molar-refractivity contribution is -0.248. The molecule has 7 nitrogen and oxygen atoms in total. The van der Waals surface area contributed by atoms with Crippen LogP contribution >= 0.6 is 0 Å². The van der Waals surface area contributed by atoms with Crippen LogP contribution < -0.4 is 5.32 Å². The average molecular weight is 381 g/mol. The summed E-state index contributed by atoms with van der Waals surface area (Å²) in [6.07, 6.45) is 7.96. The molecule has 0 aromatic heterocycles. The number of carbonyl (C=O) groups excluding carboxylic acids is 3. The van der Waals surface area contributed by atoms with Crippen molar-refractivity contribution >= 4 is 17.8 Å². The number of ether oxygens (including phenoxy) is 3. The molecule has 2 aliphatic rings. The van der Waals surface area contributed by atoms with Gasteiger partial charge in [-0.15, -0.1) is 0 Å². The summed E-state index contributed by atoms with van der Waals surface area (Å²) in [4.78, 5) is 36.2. The molecule has 0 saturated carbocycles. The van der Waals surface area contributed by atoms with E-state index >= 15 is 0 Å². The molecule has 1 amide bonds. The van der Waals surface area contributed by atoms with Crippen LogP contribution in [-0.2, 0) is 28.6 Å². The zero-order chi connectivity index (χ0) is 19.9. The van der Waals surface area contributed by atoms with Crippen molar-refractivity contribution < 1.29 is 28.6 Å². The van der Waals surface area contributed by atoms with Crippen LogP contribution in [0.5, 0.6) is 0 Å². The largest absolute Gasteiger partial charge is 0.469 e. The number of unbranched alkanes of at least 4 members (excludes halogenated alkanes) is 2. The molecule has 3 unspecified atom stereocenters. The minimum atomic E-state index is -1.15. The Labute approximate surface area is 160 Å². The number of carbonyl (C=O) groups is 3. The van der Waals surface area contributed by atoms with Gasteiger partial charge in [-0.3, -0.25) is 9.59 Å².